The number of rotatable bonds is 3. The van der Waals surface area contributed by atoms with Gasteiger partial charge in [0.1, 0.15) is 17.2 Å². The predicted molar refractivity (Wildman–Crippen MR) is 119 cm³/mol. The van der Waals surface area contributed by atoms with Gasteiger partial charge in [-0.2, -0.15) is 0 Å². The van der Waals surface area contributed by atoms with E-state index >= 15 is 0 Å². The molecule has 8 heteroatoms. The Morgan fingerprint density at radius 1 is 1.06 bits per heavy atom. The molecule has 0 aliphatic carbocycles. The Labute approximate surface area is 187 Å². The van der Waals surface area contributed by atoms with Gasteiger partial charge in [-0.1, -0.05) is 12.1 Å². The molecule has 3 amide bonds. The second kappa shape index (κ2) is 9.54. The second-order valence-electron chi connectivity index (χ2n) is 8.94. The van der Waals surface area contributed by atoms with Crippen LogP contribution >= 0.6 is 0 Å². The molecule has 0 spiro atoms. The van der Waals surface area contributed by atoms with E-state index in [1.165, 1.54) is 0 Å². The van der Waals surface area contributed by atoms with Crippen LogP contribution in [0.3, 0.4) is 0 Å². The number of amides is 3. The number of anilines is 1. The van der Waals surface area contributed by atoms with Crippen LogP contribution in [0.15, 0.2) is 42.5 Å². The standard InChI is InChI=1S/C24H29F2N3O3/c1-24(2,3)32-23(31)29-13-11-19(12-14-29)28(4)22(30)27-18-8-5-16(6-9-18)20-15-17(25)7-10-21(20)26/h5-10,15,19H,11-14H2,1-4H3,(H,27,30). The predicted octanol–water partition coefficient (Wildman–Crippen LogP) is 5.50. The first-order chi connectivity index (χ1) is 15.0. The topological polar surface area (TPSA) is 61.9 Å². The number of nitrogens with one attached hydrogen (secondary N) is 1. The lowest BCUT2D eigenvalue weighted by atomic mass is 10.0. The second-order valence-corrected chi connectivity index (χ2v) is 8.94. The fourth-order valence-corrected chi connectivity index (χ4v) is 3.59. The Morgan fingerprint density at radius 3 is 2.28 bits per heavy atom. The number of carbonyl (C=O) groups is 2. The maximum absolute atomic E-state index is 14.0. The van der Waals surface area contributed by atoms with Crippen molar-refractivity contribution in [3.05, 3.63) is 54.1 Å². The molecule has 2 aromatic rings. The average Bonchev–Trinajstić information content (AvgIpc) is 2.74. The first-order valence-corrected chi connectivity index (χ1v) is 10.6. The molecule has 0 atom stereocenters. The largest absolute Gasteiger partial charge is 0.444 e. The van der Waals surface area contributed by atoms with E-state index in [1.807, 2.05) is 20.8 Å². The monoisotopic (exact) mass is 445 g/mol. The molecule has 0 aromatic heterocycles. The minimum absolute atomic E-state index is 0.00523. The van der Waals surface area contributed by atoms with Crippen LogP contribution in [0.4, 0.5) is 24.1 Å². The smallest absolute Gasteiger partial charge is 0.410 e. The lowest BCUT2D eigenvalue weighted by Gasteiger charge is -2.37. The fraction of sp³-hybridized carbons (Fsp3) is 0.417. The van der Waals surface area contributed by atoms with Gasteiger partial charge in [0, 0.05) is 37.4 Å². The number of benzene rings is 2. The number of halogens is 2. The van der Waals surface area contributed by atoms with Gasteiger partial charge in [0.2, 0.25) is 0 Å². The highest BCUT2D eigenvalue weighted by molar-refractivity contribution is 5.89. The number of ether oxygens (including phenoxy) is 1. The normalized spacial score (nSPS) is 14.8. The van der Waals surface area contributed by atoms with E-state index in [1.54, 1.807) is 41.1 Å². The van der Waals surface area contributed by atoms with Crippen LogP contribution < -0.4 is 5.32 Å². The van der Waals surface area contributed by atoms with Crippen LogP contribution in [0.5, 0.6) is 0 Å². The zero-order valence-electron chi connectivity index (χ0n) is 18.8. The van der Waals surface area contributed by atoms with E-state index in [9.17, 15) is 18.4 Å². The van der Waals surface area contributed by atoms with Gasteiger partial charge in [-0.3, -0.25) is 0 Å². The van der Waals surface area contributed by atoms with Crippen molar-refractivity contribution in [3.63, 3.8) is 0 Å². The van der Waals surface area contributed by atoms with E-state index in [-0.39, 0.29) is 23.7 Å². The van der Waals surface area contributed by atoms with Crippen molar-refractivity contribution in [1.82, 2.24) is 9.80 Å². The van der Waals surface area contributed by atoms with Crippen LogP contribution in [-0.2, 0) is 4.74 Å². The maximum Gasteiger partial charge on any atom is 0.410 e. The van der Waals surface area contributed by atoms with Crippen LogP contribution in [0.2, 0.25) is 0 Å². The van der Waals surface area contributed by atoms with Gasteiger partial charge in [0.05, 0.1) is 0 Å². The average molecular weight is 446 g/mol. The third-order valence-corrected chi connectivity index (χ3v) is 5.36. The number of hydrogen-bond acceptors (Lipinski definition) is 3. The highest BCUT2D eigenvalue weighted by Gasteiger charge is 2.30. The molecule has 0 unspecified atom stereocenters. The molecular weight excluding hydrogens is 416 g/mol. The zero-order valence-corrected chi connectivity index (χ0v) is 18.8. The molecule has 1 fully saturated rings. The van der Waals surface area contributed by atoms with Gasteiger partial charge in [0.25, 0.3) is 0 Å². The van der Waals surface area contributed by atoms with Crippen molar-refractivity contribution < 1.29 is 23.1 Å². The lowest BCUT2D eigenvalue weighted by Crippen LogP contribution is -2.49. The number of nitrogens with zero attached hydrogens (tertiary/aromatic N) is 2. The molecule has 1 saturated heterocycles. The Balaban J connectivity index is 1.55. The van der Waals surface area contributed by atoms with E-state index < -0.39 is 17.2 Å². The third kappa shape index (κ3) is 5.96. The van der Waals surface area contributed by atoms with Crippen molar-refractivity contribution in [2.75, 3.05) is 25.5 Å². The summed E-state index contributed by atoms with van der Waals surface area (Å²) in [5, 5.41) is 2.82. The molecule has 2 aromatic carbocycles. The summed E-state index contributed by atoms with van der Waals surface area (Å²) in [7, 11) is 1.72. The number of urea groups is 1. The van der Waals surface area contributed by atoms with Gasteiger partial charge < -0.3 is 19.9 Å². The van der Waals surface area contributed by atoms with E-state index in [4.69, 9.17) is 4.74 Å². The molecule has 172 valence electrons. The minimum Gasteiger partial charge on any atom is -0.444 e. The Kier molecular flexibility index (Phi) is 7.01. The van der Waals surface area contributed by atoms with Crippen LogP contribution in [-0.4, -0.2) is 53.7 Å². The Morgan fingerprint density at radius 2 is 1.69 bits per heavy atom. The highest BCUT2D eigenvalue weighted by atomic mass is 19.1. The van der Waals surface area contributed by atoms with Gasteiger partial charge in [-0.15, -0.1) is 0 Å². The van der Waals surface area contributed by atoms with Crippen molar-refractivity contribution in [1.29, 1.82) is 0 Å². The van der Waals surface area contributed by atoms with Gasteiger partial charge in [0.15, 0.2) is 0 Å². The Hall–Kier alpha value is -3.16. The summed E-state index contributed by atoms with van der Waals surface area (Å²) >= 11 is 0. The van der Waals surface area contributed by atoms with Crippen LogP contribution in [0, 0.1) is 11.6 Å². The summed E-state index contributed by atoms with van der Waals surface area (Å²) in [4.78, 5) is 28.2. The summed E-state index contributed by atoms with van der Waals surface area (Å²) in [6.45, 7) is 6.53. The molecule has 0 saturated carbocycles. The summed E-state index contributed by atoms with van der Waals surface area (Å²) in [6.07, 6.45) is 0.972. The molecule has 32 heavy (non-hydrogen) atoms. The highest BCUT2D eigenvalue weighted by Crippen LogP contribution is 2.25. The van der Waals surface area contributed by atoms with Crippen molar-refractivity contribution in [2.24, 2.45) is 0 Å². The summed E-state index contributed by atoms with van der Waals surface area (Å²) in [5.41, 5.74) is 0.689. The summed E-state index contributed by atoms with van der Waals surface area (Å²) in [6, 6.07) is 9.58. The number of hydrogen-bond donors (Lipinski definition) is 1. The first-order valence-electron chi connectivity index (χ1n) is 10.6. The van der Waals surface area contributed by atoms with E-state index in [2.05, 4.69) is 5.32 Å². The quantitative estimate of drug-likeness (QED) is 0.679. The molecule has 1 aliphatic rings. The minimum atomic E-state index is -0.541. The van der Waals surface area contributed by atoms with Gasteiger partial charge >= 0.3 is 12.1 Å². The molecule has 1 aliphatic heterocycles. The summed E-state index contributed by atoms with van der Waals surface area (Å²) in [5.74, 6) is -1.03. The van der Waals surface area contributed by atoms with Crippen LogP contribution in [0.1, 0.15) is 33.6 Å². The number of carbonyl (C=O) groups excluding carboxylic acids is 2. The Bertz CT molecular complexity index is 965. The van der Waals surface area contributed by atoms with Gasteiger partial charge in [-0.05, 0) is 69.5 Å². The van der Waals surface area contributed by atoms with Gasteiger partial charge in [-0.25, -0.2) is 18.4 Å². The molecule has 0 radical (unpaired) electrons. The van der Waals surface area contributed by atoms with E-state index in [0.717, 1.165) is 18.2 Å². The zero-order chi connectivity index (χ0) is 23.5. The first kappa shape index (κ1) is 23.5. The maximum atomic E-state index is 14.0. The molecular formula is C24H29F2N3O3. The molecule has 0 bridgehead atoms. The number of piperidine rings is 1. The number of likely N-dealkylation sites (tertiary alicyclic amines) is 1. The SMILES string of the molecule is CN(C(=O)Nc1ccc(-c2cc(F)ccc2F)cc1)C1CCN(C(=O)OC(C)(C)C)CC1. The molecule has 1 N–H and O–H groups in total. The van der Waals surface area contributed by atoms with Crippen LogP contribution in [0.25, 0.3) is 11.1 Å². The fourth-order valence-electron chi connectivity index (χ4n) is 3.59. The molecule has 6 nitrogen and oxygen atoms in total. The van der Waals surface area contributed by atoms with Crippen molar-refractivity contribution in [3.8, 4) is 11.1 Å². The van der Waals surface area contributed by atoms with Crippen molar-refractivity contribution >= 4 is 17.8 Å². The summed E-state index contributed by atoms with van der Waals surface area (Å²) < 4.78 is 32.8. The third-order valence-electron chi connectivity index (χ3n) is 5.36. The lowest BCUT2D eigenvalue weighted by molar-refractivity contribution is 0.0174. The van der Waals surface area contributed by atoms with Crippen molar-refractivity contribution in [2.45, 2.75) is 45.3 Å². The molecule has 1 heterocycles. The molecule has 3 rings (SSSR count). The van der Waals surface area contributed by atoms with E-state index in [0.29, 0.717) is 37.2 Å².